The van der Waals surface area contributed by atoms with Crippen LogP contribution in [-0.2, 0) is 6.54 Å². The van der Waals surface area contributed by atoms with Crippen LogP contribution in [-0.4, -0.2) is 11.0 Å². The van der Waals surface area contributed by atoms with Gasteiger partial charge in [0.1, 0.15) is 5.82 Å². The van der Waals surface area contributed by atoms with Gasteiger partial charge in [-0.25, -0.2) is 4.39 Å². The van der Waals surface area contributed by atoms with E-state index in [9.17, 15) is 14.5 Å². The monoisotopic (exact) mass is 252 g/mol. The molecule has 1 aliphatic carbocycles. The number of halogens is 1. The Morgan fingerprint density at radius 3 is 2.72 bits per heavy atom. The Hall–Kier alpha value is -1.49. The lowest BCUT2D eigenvalue weighted by Gasteiger charge is -2.22. The number of nitro benzene ring substituents is 1. The summed E-state index contributed by atoms with van der Waals surface area (Å²) in [6.45, 7) is 0.360. The van der Waals surface area contributed by atoms with Crippen LogP contribution in [0.3, 0.4) is 0 Å². The van der Waals surface area contributed by atoms with Gasteiger partial charge in [-0.15, -0.1) is 0 Å². The van der Waals surface area contributed by atoms with Gasteiger partial charge in [0.15, 0.2) is 0 Å². The van der Waals surface area contributed by atoms with Crippen molar-refractivity contribution in [2.24, 2.45) is 0 Å². The highest BCUT2D eigenvalue weighted by Gasteiger charge is 2.17. The maximum atomic E-state index is 13.1. The van der Waals surface area contributed by atoms with E-state index in [0.717, 1.165) is 18.9 Å². The van der Waals surface area contributed by atoms with E-state index < -0.39 is 10.7 Å². The first-order valence-electron chi connectivity index (χ1n) is 6.33. The van der Waals surface area contributed by atoms with Gasteiger partial charge >= 0.3 is 0 Å². The second kappa shape index (κ2) is 5.91. The minimum absolute atomic E-state index is 0.0142. The van der Waals surface area contributed by atoms with Crippen LogP contribution in [0.25, 0.3) is 0 Å². The van der Waals surface area contributed by atoms with Gasteiger partial charge in [-0.3, -0.25) is 10.1 Å². The number of nitrogens with one attached hydrogen (secondary N) is 1. The summed E-state index contributed by atoms with van der Waals surface area (Å²) >= 11 is 0. The van der Waals surface area contributed by atoms with E-state index in [1.807, 2.05) is 0 Å². The largest absolute Gasteiger partial charge is 0.310 e. The highest BCUT2D eigenvalue weighted by atomic mass is 19.1. The molecule has 0 saturated heterocycles. The predicted octanol–water partition coefficient (Wildman–Crippen LogP) is 3.16. The third-order valence-electron chi connectivity index (χ3n) is 3.42. The number of benzene rings is 1. The molecule has 0 bridgehead atoms. The van der Waals surface area contributed by atoms with Crippen LogP contribution in [0.1, 0.15) is 37.7 Å². The number of nitrogens with zero attached hydrogens (tertiary/aromatic N) is 1. The molecule has 18 heavy (non-hydrogen) atoms. The smallest absolute Gasteiger partial charge is 0.274 e. The third-order valence-corrected chi connectivity index (χ3v) is 3.42. The number of hydrogen-bond donors (Lipinski definition) is 1. The van der Waals surface area contributed by atoms with E-state index in [0.29, 0.717) is 18.2 Å². The highest BCUT2D eigenvalue weighted by Crippen LogP contribution is 2.21. The zero-order valence-corrected chi connectivity index (χ0v) is 10.2. The molecule has 5 heteroatoms. The number of rotatable bonds is 4. The minimum Gasteiger partial charge on any atom is -0.310 e. The van der Waals surface area contributed by atoms with Crippen LogP contribution in [0.15, 0.2) is 18.2 Å². The fourth-order valence-electron chi connectivity index (χ4n) is 2.43. The molecule has 98 valence electrons. The summed E-state index contributed by atoms with van der Waals surface area (Å²) in [4.78, 5) is 10.4. The highest BCUT2D eigenvalue weighted by molar-refractivity contribution is 5.40. The predicted molar refractivity (Wildman–Crippen MR) is 66.8 cm³/mol. The average molecular weight is 252 g/mol. The molecule has 1 aromatic carbocycles. The lowest BCUT2D eigenvalue weighted by atomic mass is 9.95. The Bertz CT molecular complexity index is 431. The molecular formula is C13H17FN2O2. The summed E-state index contributed by atoms with van der Waals surface area (Å²) < 4.78 is 13.1. The molecule has 0 spiro atoms. The molecule has 1 fully saturated rings. The zero-order valence-electron chi connectivity index (χ0n) is 10.2. The minimum atomic E-state index is -0.461. The Morgan fingerprint density at radius 1 is 1.33 bits per heavy atom. The van der Waals surface area contributed by atoms with Crippen LogP contribution in [0, 0.1) is 15.9 Å². The van der Waals surface area contributed by atoms with Gasteiger partial charge in [0, 0.05) is 24.2 Å². The molecule has 4 nitrogen and oxygen atoms in total. The second-order valence-electron chi connectivity index (χ2n) is 4.75. The quantitative estimate of drug-likeness (QED) is 0.661. The van der Waals surface area contributed by atoms with Gasteiger partial charge in [-0.05, 0) is 25.0 Å². The van der Waals surface area contributed by atoms with Crippen molar-refractivity contribution < 1.29 is 9.31 Å². The molecule has 0 aromatic heterocycles. The van der Waals surface area contributed by atoms with Crippen LogP contribution < -0.4 is 5.32 Å². The molecular weight excluding hydrogens is 235 g/mol. The second-order valence-corrected chi connectivity index (χ2v) is 4.75. The molecule has 1 saturated carbocycles. The molecule has 1 aliphatic rings. The van der Waals surface area contributed by atoms with Crippen LogP contribution >= 0.6 is 0 Å². The topological polar surface area (TPSA) is 55.2 Å². The van der Waals surface area contributed by atoms with Gasteiger partial charge in [0.05, 0.1) is 4.92 Å². The molecule has 0 aliphatic heterocycles. The van der Waals surface area contributed by atoms with Crippen LogP contribution in [0.4, 0.5) is 10.1 Å². The van der Waals surface area contributed by atoms with Crippen molar-refractivity contribution in [3.63, 3.8) is 0 Å². The molecule has 2 rings (SSSR count). The summed E-state index contributed by atoms with van der Waals surface area (Å²) in [7, 11) is 0. The van der Waals surface area contributed by atoms with Gasteiger partial charge in [0.2, 0.25) is 0 Å². The molecule has 0 radical (unpaired) electrons. The van der Waals surface area contributed by atoms with E-state index in [-0.39, 0.29) is 5.69 Å². The van der Waals surface area contributed by atoms with Crippen molar-refractivity contribution in [2.45, 2.75) is 44.7 Å². The normalized spacial score (nSPS) is 16.7. The third kappa shape index (κ3) is 3.26. The Kier molecular flexibility index (Phi) is 4.25. The van der Waals surface area contributed by atoms with Crippen molar-refractivity contribution in [3.05, 3.63) is 39.7 Å². The van der Waals surface area contributed by atoms with Gasteiger partial charge in [0.25, 0.3) is 5.69 Å². The Balaban J connectivity index is 2.03. The fourth-order valence-corrected chi connectivity index (χ4v) is 2.43. The van der Waals surface area contributed by atoms with E-state index in [4.69, 9.17) is 0 Å². The van der Waals surface area contributed by atoms with E-state index in [2.05, 4.69) is 5.32 Å². The van der Waals surface area contributed by atoms with E-state index >= 15 is 0 Å². The molecule has 0 heterocycles. The van der Waals surface area contributed by atoms with Gasteiger partial charge < -0.3 is 5.32 Å². The van der Waals surface area contributed by atoms with Crippen molar-refractivity contribution >= 4 is 5.69 Å². The van der Waals surface area contributed by atoms with Crippen LogP contribution in [0.5, 0.6) is 0 Å². The fraction of sp³-hybridized carbons (Fsp3) is 0.538. The molecule has 1 aromatic rings. The lowest BCUT2D eigenvalue weighted by Crippen LogP contribution is -2.30. The maximum Gasteiger partial charge on any atom is 0.274 e. The Morgan fingerprint density at radius 2 is 2.06 bits per heavy atom. The zero-order chi connectivity index (χ0) is 13.0. The number of nitro groups is 1. The maximum absolute atomic E-state index is 13.1. The van der Waals surface area contributed by atoms with E-state index in [1.54, 1.807) is 0 Å². The first-order valence-corrected chi connectivity index (χ1v) is 6.33. The van der Waals surface area contributed by atoms with Crippen molar-refractivity contribution in [1.29, 1.82) is 0 Å². The molecule has 0 atom stereocenters. The molecule has 0 unspecified atom stereocenters. The molecule has 0 amide bonds. The summed E-state index contributed by atoms with van der Waals surface area (Å²) in [5, 5.41) is 14.1. The van der Waals surface area contributed by atoms with Gasteiger partial charge in [-0.1, -0.05) is 19.3 Å². The summed E-state index contributed by atoms with van der Waals surface area (Å²) in [6.07, 6.45) is 5.86. The average Bonchev–Trinajstić information content (AvgIpc) is 2.37. The van der Waals surface area contributed by atoms with Gasteiger partial charge in [-0.2, -0.15) is 0 Å². The van der Waals surface area contributed by atoms with Crippen molar-refractivity contribution in [3.8, 4) is 0 Å². The SMILES string of the molecule is O=[N+]([O-])c1ccc(F)cc1CNC1CCCCC1. The van der Waals surface area contributed by atoms with E-state index in [1.165, 1.54) is 31.4 Å². The first kappa shape index (κ1) is 13.0. The standard InChI is InChI=1S/C13H17FN2O2/c14-11-6-7-13(16(17)18)10(8-11)9-15-12-4-2-1-3-5-12/h6-8,12,15H,1-5,9H2. The number of hydrogen-bond acceptors (Lipinski definition) is 3. The molecule has 1 N–H and O–H groups in total. The summed E-state index contributed by atoms with van der Waals surface area (Å²) in [5.74, 6) is -0.430. The summed E-state index contributed by atoms with van der Waals surface area (Å²) in [5.41, 5.74) is 0.408. The van der Waals surface area contributed by atoms with Crippen molar-refractivity contribution in [1.82, 2.24) is 5.32 Å². The van der Waals surface area contributed by atoms with Crippen LogP contribution in [0.2, 0.25) is 0 Å². The lowest BCUT2D eigenvalue weighted by molar-refractivity contribution is -0.385. The summed E-state index contributed by atoms with van der Waals surface area (Å²) in [6, 6.07) is 4.00. The first-order chi connectivity index (χ1) is 8.66. The Labute approximate surface area is 105 Å². The van der Waals surface area contributed by atoms with Crippen molar-refractivity contribution in [2.75, 3.05) is 0 Å².